The molecule has 1 atom stereocenters. The van der Waals surface area contributed by atoms with Crippen LogP contribution in [0, 0.1) is 18.7 Å². The van der Waals surface area contributed by atoms with Crippen molar-refractivity contribution in [3.8, 4) is 17.0 Å². The lowest BCUT2D eigenvalue weighted by molar-refractivity contribution is -0.153. The zero-order chi connectivity index (χ0) is 19.6. The Balaban J connectivity index is 2.05. The van der Waals surface area contributed by atoms with Crippen LogP contribution in [-0.2, 0) is 0 Å². The molecule has 3 nitrogen and oxygen atoms in total. The van der Waals surface area contributed by atoms with E-state index in [0.29, 0.717) is 22.7 Å². The van der Waals surface area contributed by atoms with Crippen LogP contribution in [0.4, 0.5) is 17.6 Å². The Morgan fingerprint density at radius 2 is 1.89 bits per heavy atom. The van der Waals surface area contributed by atoms with Gasteiger partial charge < -0.3 is 10.1 Å². The van der Waals surface area contributed by atoms with Gasteiger partial charge in [0.05, 0.1) is 0 Å². The predicted molar refractivity (Wildman–Crippen MR) is 95.3 cm³/mol. The molecule has 1 aliphatic carbocycles. The Labute approximate surface area is 155 Å². The van der Waals surface area contributed by atoms with Crippen LogP contribution in [0.3, 0.4) is 0 Å². The fraction of sp³-hybridized carbons (Fsp3) is 0.450. The van der Waals surface area contributed by atoms with Gasteiger partial charge in [-0.05, 0) is 68.6 Å². The minimum absolute atomic E-state index is 0.0849. The fourth-order valence-corrected chi connectivity index (χ4v) is 3.25. The van der Waals surface area contributed by atoms with Gasteiger partial charge in [-0.25, -0.2) is 9.37 Å². The van der Waals surface area contributed by atoms with Crippen LogP contribution in [0.5, 0.6) is 5.75 Å². The molecule has 27 heavy (non-hydrogen) atoms. The van der Waals surface area contributed by atoms with Gasteiger partial charge in [-0.2, -0.15) is 13.2 Å². The van der Waals surface area contributed by atoms with Gasteiger partial charge >= 0.3 is 6.18 Å². The molecule has 2 aromatic rings. The molecule has 1 aromatic heterocycles. The minimum Gasteiger partial charge on any atom is -0.482 e. The number of pyridine rings is 1. The summed E-state index contributed by atoms with van der Waals surface area (Å²) in [4.78, 5) is 4.66. The van der Waals surface area contributed by atoms with E-state index in [1.165, 1.54) is 24.3 Å². The van der Waals surface area contributed by atoms with E-state index in [-0.39, 0.29) is 11.7 Å². The van der Waals surface area contributed by atoms with Gasteiger partial charge in [0.15, 0.2) is 6.61 Å². The lowest BCUT2D eigenvalue weighted by Crippen LogP contribution is -2.22. The second kappa shape index (κ2) is 7.84. The van der Waals surface area contributed by atoms with E-state index in [1.807, 2.05) is 7.05 Å². The van der Waals surface area contributed by atoms with E-state index < -0.39 is 18.6 Å². The third-order valence-electron chi connectivity index (χ3n) is 4.67. The van der Waals surface area contributed by atoms with E-state index in [0.717, 1.165) is 25.1 Å². The molecule has 0 bridgehead atoms. The lowest BCUT2D eigenvalue weighted by Gasteiger charge is -2.21. The first-order valence-corrected chi connectivity index (χ1v) is 8.90. The predicted octanol–water partition coefficient (Wildman–Crippen LogP) is 4.85. The molecule has 0 saturated heterocycles. The second-order valence-corrected chi connectivity index (χ2v) is 6.95. The molecule has 1 fully saturated rings. The van der Waals surface area contributed by atoms with E-state index in [4.69, 9.17) is 4.74 Å². The molecule has 1 aliphatic rings. The Kier molecular flexibility index (Phi) is 5.69. The maximum absolute atomic E-state index is 13.3. The van der Waals surface area contributed by atoms with Crippen LogP contribution >= 0.6 is 0 Å². The summed E-state index contributed by atoms with van der Waals surface area (Å²) >= 11 is 0. The maximum Gasteiger partial charge on any atom is 0.422 e. The molecule has 0 amide bonds. The van der Waals surface area contributed by atoms with Crippen molar-refractivity contribution < 1.29 is 22.3 Å². The summed E-state index contributed by atoms with van der Waals surface area (Å²) < 4.78 is 56.4. The summed E-state index contributed by atoms with van der Waals surface area (Å²) in [6, 6.07) is 7.34. The van der Waals surface area contributed by atoms with Crippen LogP contribution in [0.15, 0.2) is 30.3 Å². The smallest absolute Gasteiger partial charge is 0.422 e. The molecule has 0 radical (unpaired) electrons. The van der Waals surface area contributed by atoms with Crippen molar-refractivity contribution >= 4 is 0 Å². The number of aromatic nitrogens is 1. The highest BCUT2D eigenvalue weighted by atomic mass is 19.4. The van der Waals surface area contributed by atoms with E-state index >= 15 is 0 Å². The molecule has 1 N–H and O–H groups in total. The zero-order valence-corrected chi connectivity index (χ0v) is 15.2. The average Bonchev–Trinajstić information content (AvgIpc) is 3.43. The summed E-state index contributed by atoms with van der Waals surface area (Å²) in [6.45, 7) is 1.06. The van der Waals surface area contributed by atoms with Gasteiger partial charge in [0, 0.05) is 23.7 Å². The Bertz CT molecular complexity index is 786. The van der Waals surface area contributed by atoms with Crippen LogP contribution in [0.2, 0.25) is 0 Å². The summed E-state index contributed by atoms with van der Waals surface area (Å²) in [6.07, 6.45) is -2.22. The lowest BCUT2D eigenvalue weighted by atomic mass is 9.96. The molecule has 3 rings (SSSR count). The van der Waals surface area contributed by atoms with Crippen molar-refractivity contribution in [2.45, 2.75) is 31.9 Å². The minimum atomic E-state index is -4.45. The molecule has 1 saturated carbocycles. The van der Waals surface area contributed by atoms with Gasteiger partial charge in [-0.15, -0.1) is 0 Å². The summed E-state index contributed by atoms with van der Waals surface area (Å²) in [5, 5.41) is 3.16. The number of ether oxygens (including phenoxy) is 1. The van der Waals surface area contributed by atoms with Gasteiger partial charge in [0.2, 0.25) is 0 Å². The van der Waals surface area contributed by atoms with Crippen molar-refractivity contribution in [2.24, 2.45) is 5.92 Å². The SMILES string of the molecule is CNCC(c1cc(C)c(OCC(F)(F)F)c(-c2ccc(F)cc2)n1)C1CC1. The summed E-state index contributed by atoms with van der Waals surface area (Å²) in [5.41, 5.74) is 2.25. The second-order valence-electron chi connectivity index (χ2n) is 6.95. The van der Waals surface area contributed by atoms with Crippen molar-refractivity contribution in [2.75, 3.05) is 20.2 Å². The first-order valence-electron chi connectivity index (χ1n) is 8.90. The highest BCUT2D eigenvalue weighted by Crippen LogP contribution is 2.43. The third-order valence-corrected chi connectivity index (χ3v) is 4.67. The Morgan fingerprint density at radius 3 is 2.44 bits per heavy atom. The molecule has 7 heteroatoms. The molecular formula is C20H22F4N2O. The fourth-order valence-electron chi connectivity index (χ4n) is 3.25. The number of aryl methyl sites for hydroxylation is 1. The number of likely N-dealkylation sites (N-methyl/N-ethyl adjacent to an activating group) is 1. The molecular weight excluding hydrogens is 360 g/mol. The van der Waals surface area contributed by atoms with Gasteiger partial charge in [-0.1, -0.05) is 0 Å². The molecule has 1 heterocycles. The standard InChI is InChI=1S/C20H22F4N2O/c1-12-9-17(16(10-25-2)13-3-4-13)26-18(14-5-7-15(21)8-6-14)19(12)27-11-20(22,23)24/h5-9,13,16,25H,3-4,10-11H2,1-2H3. The first-order chi connectivity index (χ1) is 12.8. The largest absolute Gasteiger partial charge is 0.482 e. The summed E-state index contributed by atoms with van der Waals surface area (Å²) in [5.74, 6) is 0.369. The normalized spacial score (nSPS) is 15.6. The highest BCUT2D eigenvalue weighted by molar-refractivity contribution is 5.68. The van der Waals surface area contributed by atoms with Crippen LogP contribution in [0.25, 0.3) is 11.3 Å². The van der Waals surface area contributed by atoms with Crippen LogP contribution in [-0.4, -0.2) is 31.4 Å². The average molecular weight is 382 g/mol. The first kappa shape index (κ1) is 19.6. The van der Waals surface area contributed by atoms with Gasteiger partial charge in [-0.3, -0.25) is 0 Å². The topological polar surface area (TPSA) is 34.1 Å². The van der Waals surface area contributed by atoms with Crippen molar-refractivity contribution in [3.05, 3.63) is 47.4 Å². The van der Waals surface area contributed by atoms with Crippen molar-refractivity contribution in [3.63, 3.8) is 0 Å². The highest BCUT2D eigenvalue weighted by Gasteiger charge is 2.34. The molecule has 0 aliphatic heterocycles. The van der Waals surface area contributed by atoms with Gasteiger partial charge in [0.25, 0.3) is 0 Å². The number of hydrogen-bond acceptors (Lipinski definition) is 3. The molecule has 1 unspecified atom stereocenters. The molecule has 1 aromatic carbocycles. The quantitative estimate of drug-likeness (QED) is 0.695. The summed E-state index contributed by atoms with van der Waals surface area (Å²) in [7, 11) is 1.87. The van der Waals surface area contributed by atoms with Crippen LogP contribution in [0.1, 0.15) is 30.0 Å². The number of nitrogens with zero attached hydrogens (tertiary/aromatic N) is 1. The third kappa shape index (κ3) is 4.97. The molecule has 0 spiro atoms. The number of nitrogens with one attached hydrogen (secondary N) is 1. The Hall–Kier alpha value is -2.15. The number of alkyl halides is 3. The van der Waals surface area contributed by atoms with Crippen LogP contribution < -0.4 is 10.1 Å². The van der Waals surface area contributed by atoms with Gasteiger partial charge in [0.1, 0.15) is 17.3 Å². The number of halogens is 4. The van der Waals surface area contributed by atoms with E-state index in [2.05, 4.69) is 10.3 Å². The van der Waals surface area contributed by atoms with Crippen molar-refractivity contribution in [1.29, 1.82) is 0 Å². The molecule has 146 valence electrons. The Morgan fingerprint density at radius 1 is 1.22 bits per heavy atom. The van der Waals surface area contributed by atoms with E-state index in [1.54, 1.807) is 13.0 Å². The number of rotatable bonds is 7. The number of benzene rings is 1. The maximum atomic E-state index is 13.3. The monoisotopic (exact) mass is 382 g/mol. The number of hydrogen-bond donors (Lipinski definition) is 1. The van der Waals surface area contributed by atoms with Crippen molar-refractivity contribution in [1.82, 2.24) is 10.3 Å². The zero-order valence-electron chi connectivity index (χ0n) is 15.2. The van der Waals surface area contributed by atoms with E-state index in [9.17, 15) is 17.6 Å².